The Morgan fingerprint density at radius 3 is 2.12 bits per heavy atom. The molecule has 0 atom stereocenters. The summed E-state index contributed by atoms with van der Waals surface area (Å²) in [7, 11) is 1.75. The van der Waals surface area contributed by atoms with E-state index in [1.807, 2.05) is 12.1 Å². The summed E-state index contributed by atoms with van der Waals surface area (Å²) in [6, 6.07) is 5.72. The van der Waals surface area contributed by atoms with Gasteiger partial charge in [0.15, 0.2) is 0 Å². The number of aryl methyl sites for hydroxylation is 1. The fourth-order valence-electron chi connectivity index (χ4n) is 3.32. The van der Waals surface area contributed by atoms with Gasteiger partial charge in [0.1, 0.15) is 5.75 Å². The third kappa shape index (κ3) is 10.4. The maximum absolute atomic E-state index is 10.8. The number of carboxylic acid groups (broad SMARTS) is 1. The Morgan fingerprint density at radius 1 is 0.962 bits per heavy atom. The first kappa shape index (κ1) is 22.5. The van der Waals surface area contributed by atoms with Crippen LogP contribution >= 0.6 is 0 Å². The van der Waals surface area contributed by atoms with Gasteiger partial charge < -0.3 is 10.2 Å². The van der Waals surface area contributed by atoms with Crippen LogP contribution in [0.4, 0.5) is 0 Å². The Morgan fingerprint density at radius 2 is 1.54 bits per heavy atom. The predicted octanol–water partition coefficient (Wildman–Crippen LogP) is 5.37. The average Bonchev–Trinajstić information content (AvgIpc) is 2.58. The van der Waals surface area contributed by atoms with E-state index in [2.05, 4.69) is 6.92 Å². The zero-order valence-electron chi connectivity index (χ0n) is 16.7. The van der Waals surface area contributed by atoms with Gasteiger partial charge in [-0.05, 0) is 31.5 Å². The second-order valence-corrected chi connectivity index (χ2v) is 7.46. The summed E-state index contributed by atoms with van der Waals surface area (Å²) >= 11 is 0. The first-order valence-electron chi connectivity index (χ1n) is 10.2. The molecule has 0 aliphatic heterocycles. The van der Waals surface area contributed by atoms with Crippen molar-refractivity contribution in [3.63, 3.8) is 0 Å². The quantitative estimate of drug-likeness (QED) is 0.411. The lowest BCUT2D eigenvalue weighted by atomic mass is 10.0. The number of carboxylic acids is 1. The summed E-state index contributed by atoms with van der Waals surface area (Å²) in [5.41, 5.74) is 2.03. The third-order valence-electron chi connectivity index (χ3n) is 4.81. The summed E-state index contributed by atoms with van der Waals surface area (Å²) < 4.78 is 0. The van der Waals surface area contributed by atoms with Crippen LogP contribution < -0.4 is 0 Å². The molecule has 26 heavy (non-hydrogen) atoms. The summed E-state index contributed by atoms with van der Waals surface area (Å²) in [6.07, 6.45) is 14.3. The van der Waals surface area contributed by atoms with Gasteiger partial charge in [-0.2, -0.15) is 0 Å². The van der Waals surface area contributed by atoms with Gasteiger partial charge in [0.25, 0.3) is 0 Å². The minimum atomic E-state index is -0.853. The number of aromatic hydroxyl groups is 1. The van der Waals surface area contributed by atoms with E-state index >= 15 is 0 Å². The van der Waals surface area contributed by atoms with E-state index in [4.69, 9.17) is 5.11 Å². The van der Waals surface area contributed by atoms with Crippen molar-refractivity contribution in [3.05, 3.63) is 29.3 Å². The number of benzene rings is 1. The molecule has 0 fully saturated rings. The molecular formula is C22H37NO3. The van der Waals surface area contributed by atoms with Crippen LogP contribution in [0, 0.1) is 0 Å². The maximum Gasteiger partial charge on any atom is 0.317 e. The predicted molar refractivity (Wildman–Crippen MR) is 108 cm³/mol. The molecule has 0 aliphatic rings. The zero-order valence-corrected chi connectivity index (χ0v) is 16.7. The maximum atomic E-state index is 10.8. The molecule has 0 aromatic heterocycles. The number of rotatable bonds is 15. The van der Waals surface area contributed by atoms with Crippen LogP contribution in [-0.4, -0.2) is 34.7 Å². The number of hydrogen-bond acceptors (Lipinski definition) is 3. The lowest BCUT2D eigenvalue weighted by Crippen LogP contribution is -2.25. The molecule has 0 radical (unpaired) electrons. The second-order valence-electron chi connectivity index (χ2n) is 7.46. The number of phenols is 1. The highest BCUT2D eigenvalue weighted by molar-refractivity contribution is 5.69. The van der Waals surface area contributed by atoms with Crippen LogP contribution in [-0.2, 0) is 17.8 Å². The fraction of sp³-hybridized carbons (Fsp3) is 0.682. The van der Waals surface area contributed by atoms with Gasteiger partial charge in [-0.15, -0.1) is 0 Å². The zero-order chi connectivity index (χ0) is 19.2. The van der Waals surface area contributed by atoms with Crippen molar-refractivity contribution in [2.24, 2.45) is 0 Å². The summed E-state index contributed by atoms with van der Waals surface area (Å²) in [5, 5.41) is 18.8. The minimum Gasteiger partial charge on any atom is -0.508 e. The van der Waals surface area contributed by atoms with E-state index in [9.17, 15) is 9.90 Å². The molecule has 0 bridgehead atoms. The van der Waals surface area contributed by atoms with Crippen LogP contribution in [0.15, 0.2) is 18.2 Å². The van der Waals surface area contributed by atoms with Crippen molar-refractivity contribution >= 4 is 5.97 Å². The molecule has 148 valence electrons. The van der Waals surface area contributed by atoms with E-state index < -0.39 is 5.97 Å². The van der Waals surface area contributed by atoms with Crippen molar-refractivity contribution in [1.29, 1.82) is 0 Å². The molecule has 1 rings (SSSR count). The number of hydrogen-bond donors (Lipinski definition) is 2. The lowest BCUT2D eigenvalue weighted by Gasteiger charge is -2.15. The molecule has 4 heteroatoms. The van der Waals surface area contributed by atoms with Gasteiger partial charge in [-0.1, -0.05) is 76.8 Å². The van der Waals surface area contributed by atoms with Crippen molar-refractivity contribution in [2.75, 3.05) is 13.6 Å². The van der Waals surface area contributed by atoms with Gasteiger partial charge in [-0.25, -0.2) is 0 Å². The smallest absolute Gasteiger partial charge is 0.317 e. The Balaban J connectivity index is 2.22. The lowest BCUT2D eigenvalue weighted by molar-refractivity contribution is -0.138. The van der Waals surface area contributed by atoms with Crippen LogP contribution in [0.1, 0.15) is 82.3 Å². The molecule has 0 aliphatic carbocycles. The van der Waals surface area contributed by atoms with Gasteiger partial charge in [0, 0.05) is 12.1 Å². The highest BCUT2D eigenvalue weighted by atomic mass is 16.4. The van der Waals surface area contributed by atoms with Crippen LogP contribution in [0.3, 0.4) is 0 Å². The Hall–Kier alpha value is -1.55. The molecule has 0 heterocycles. The molecular weight excluding hydrogens is 326 g/mol. The van der Waals surface area contributed by atoms with E-state index in [0.717, 1.165) is 12.0 Å². The third-order valence-corrected chi connectivity index (χ3v) is 4.81. The second kappa shape index (κ2) is 13.6. The molecule has 0 spiro atoms. The highest BCUT2D eigenvalue weighted by Gasteiger charge is 2.09. The molecule has 2 N–H and O–H groups in total. The first-order valence-corrected chi connectivity index (χ1v) is 10.2. The molecule has 1 aromatic rings. The highest BCUT2D eigenvalue weighted by Crippen LogP contribution is 2.21. The topological polar surface area (TPSA) is 60.8 Å². The number of unbranched alkanes of at least 4 members (excludes halogenated alkanes) is 9. The monoisotopic (exact) mass is 363 g/mol. The molecule has 0 saturated carbocycles. The molecule has 4 nitrogen and oxygen atoms in total. The normalized spacial score (nSPS) is 11.2. The van der Waals surface area contributed by atoms with Crippen LogP contribution in [0.5, 0.6) is 5.75 Å². The molecule has 0 unspecified atom stereocenters. The standard InChI is InChI=1S/C22H37NO3/c1-3-4-5-6-7-8-9-10-11-12-13-19-14-15-21(24)20(16-19)17-23(2)18-22(25)26/h14-16,24H,3-13,17-18H2,1-2H3,(H,25,26). The van der Waals surface area contributed by atoms with Crippen LogP contribution in [0.25, 0.3) is 0 Å². The Kier molecular flexibility index (Phi) is 11.8. The van der Waals surface area contributed by atoms with Gasteiger partial charge in [-0.3, -0.25) is 9.69 Å². The van der Waals surface area contributed by atoms with Crippen molar-refractivity contribution < 1.29 is 15.0 Å². The fourth-order valence-corrected chi connectivity index (χ4v) is 3.32. The number of aliphatic carboxylic acids is 1. The van der Waals surface area contributed by atoms with Crippen molar-refractivity contribution in [3.8, 4) is 5.75 Å². The van der Waals surface area contributed by atoms with Crippen LogP contribution in [0.2, 0.25) is 0 Å². The average molecular weight is 364 g/mol. The summed E-state index contributed by atoms with van der Waals surface area (Å²) in [4.78, 5) is 12.5. The van der Waals surface area contributed by atoms with Gasteiger partial charge >= 0.3 is 5.97 Å². The number of likely N-dealkylation sites (N-methyl/N-ethyl adjacent to an activating group) is 1. The first-order chi connectivity index (χ1) is 12.5. The summed E-state index contributed by atoms with van der Waals surface area (Å²) in [6.45, 7) is 2.68. The SMILES string of the molecule is CCCCCCCCCCCCc1ccc(O)c(CN(C)CC(=O)O)c1. The molecule has 0 saturated heterocycles. The van der Waals surface area contributed by atoms with E-state index in [-0.39, 0.29) is 12.3 Å². The Bertz CT molecular complexity index is 516. The Labute approximate surface area is 159 Å². The number of nitrogens with zero attached hydrogens (tertiary/aromatic N) is 1. The van der Waals surface area contributed by atoms with E-state index in [0.29, 0.717) is 6.54 Å². The summed E-state index contributed by atoms with van der Waals surface area (Å²) in [5.74, 6) is -0.609. The van der Waals surface area contributed by atoms with Gasteiger partial charge in [0.2, 0.25) is 0 Å². The van der Waals surface area contributed by atoms with Crippen molar-refractivity contribution in [1.82, 2.24) is 4.90 Å². The minimum absolute atomic E-state index is 0.0257. The van der Waals surface area contributed by atoms with E-state index in [1.54, 1.807) is 18.0 Å². The van der Waals surface area contributed by atoms with E-state index in [1.165, 1.54) is 69.8 Å². The van der Waals surface area contributed by atoms with Gasteiger partial charge in [0.05, 0.1) is 6.54 Å². The van der Waals surface area contributed by atoms with Crippen molar-refractivity contribution in [2.45, 2.75) is 84.1 Å². The molecule has 0 amide bonds. The number of phenolic OH excluding ortho intramolecular Hbond substituents is 1. The largest absolute Gasteiger partial charge is 0.508 e. The molecule has 1 aromatic carbocycles. The number of carbonyl (C=O) groups is 1.